The van der Waals surface area contributed by atoms with Crippen molar-refractivity contribution in [3.63, 3.8) is 0 Å². The lowest BCUT2D eigenvalue weighted by Crippen LogP contribution is -2.29. The molecule has 1 heterocycles. The molecule has 0 atom stereocenters. The topological polar surface area (TPSA) is 111 Å². The Kier molecular flexibility index (Phi) is 4.61. The van der Waals surface area contributed by atoms with E-state index < -0.39 is 22.6 Å². The summed E-state index contributed by atoms with van der Waals surface area (Å²) in [6.07, 6.45) is 1.37. The fraction of sp³-hybridized carbons (Fsp3) is 0.500. The Hall–Kier alpha value is -1.45. The van der Waals surface area contributed by atoms with Gasteiger partial charge in [0.25, 0.3) is 10.0 Å². The number of sulfonamides is 1. The molecule has 0 spiro atoms. The van der Waals surface area contributed by atoms with Crippen LogP contribution < -0.4 is 4.72 Å². The van der Waals surface area contributed by atoms with E-state index in [2.05, 4.69) is 14.6 Å². The zero-order chi connectivity index (χ0) is 12.9. The minimum atomic E-state index is -3.63. The van der Waals surface area contributed by atoms with Gasteiger partial charge in [-0.05, 0) is 6.07 Å². The lowest BCUT2D eigenvalue weighted by atomic mass is 10.7. The average molecular weight is 263 g/mol. The third-order valence-corrected chi connectivity index (χ3v) is 3.35. The molecule has 1 aromatic rings. The van der Waals surface area contributed by atoms with Crippen molar-refractivity contribution in [2.45, 2.75) is 5.03 Å². The molecule has 0 aliphatic rings. The lowest BCUT2D eigenvalue weighted by Gasteiger charge is -2.06. The van der Waals surface area contributed by atoms with Gasteiger partial charge in [-0.25, -0.2) is 17.9 Å². The molecule has 96 valence electrons. The van der Waals surface area contributed by atoms with E-state index in [-0.39, 0.29) is 18.2 Å². The first kappa shape index (κ1) is 13.6. The number of hydrogen-bond donors (Lipinski definition) is 2. The number of nitrogens with one attached hydrogen (secondary N) is 1. The normalized spacial score (nSPS) is 11.6. The average Bonchev–Trinajstić information content (AvgIpc) is 2.64. The summed E-state index contributed by atoms with van der Waals surface area (Å²) in [5, 5.41) is 12.1. The van der Waals surface area contributed by atoms with Crippen LogP contribution in [-0.2, 0) is 26.6 Å². The fourth-order valence-corrected chi connectivity index (χ4v) is 2.24. The van der Waals surface area contributed by atoms with Gasteiger partial charge in [-0.15, -0.1) is 0 Å². The molecule has 0 fully saturated rings. The number of nitrogens with zero attached hydrogens (tertiary/aromatic N) is 2. The summed E-state index contributed by atoms with van der Waals surface area (Å²) in [4.78, 5) is 10.1. The van der Waals surface area contributed by atoms with E-state index in [9.17, 15) is 13.2 Å². The highest BCUT2D eigenvalue weighted by Crippen LogP contribution is 2.04. The van der Waals surface area contributed by atoms with Gasteiger partial charge in [0.15, 0.2) is 5.03 Å². The van der Waals surface area contributed by atoms with Crippen molar-refractivity contribution < 1.29 is 23.1 Å². The number of aliphatic carboxylic acids is 1. The molecular weight excluding hydrogens is 250 g/mol. The van der Waals surface area contributed by atoms with Gasteiger partial charge < -0.3 is 9.84 Å². The maximum absolute atomic E-state index is 11.7. The summed E-state index contributed by atoms with van der Waals surface area (Å²) in [5.41, 5.74) is 0. The molecule has 0 unspecified atom stereocenters. The van der Waals surface area contributed by atoms with Crippen molar-refractivity contribution in [3.8, 4) is 0 Å². The summed E-state index contributed by atoms with van der Waals surface area (Å²) in [6.45, 7) is -0.461. The van der Waals surface area contributed by atoms with Crippen molar-refractivity contribution in [1.82, 2.24) is 14.5 Å². The molecule has 0 saturated carbocycles. The van der Waals surface area contributed by atoms with Crippen LogP contribution >= 0.6 is 0 Å². The van der Waals surface area contributed by atoms with Crippen LogP contribution in [0, 0.1) is 0 Å². The molecular formula is C8H13N3O5S. The van der Waals surface area contributed by atoms with Gasteiger partial charge in [-0.3, -0.25) is 4.68 Å². The Bertz CT molecular complexity index is 481. The van der Waals surface area contributed by atoms with Crippen molar-refractivity contribution in [2.24, 2.45) is 7.05 Å². The van der Waals surface area contributed by atoms with Crippen molar-refractivity contribution in [2.75, 3.05) is 19.8 Å². The van der Waals surface area contributed by atoms with Crippen LogP contribution in [0.5, 0.6) is 0 Å². The molecule has 8 nitrogen and oxygen atoms in total. The minimum Gasteiger partial charge on any atom is -0.480 e. The van der Waals surface area contributed by atoms with Crippen LogP contribution in [0.2, 0.25) is 0 Å². The molecule has 0 saturated heterocycles. The number of carboxylic acid groups (broad SMARTS) is 1. The maximum Gasteiger partial charge on any atom is 0.329 e. The van der Waals surface area contributed by atoms with Gasteiger partial charge in [0.05, 0.1) is 12.8 Å². The van der Waals surface area contributed by atoms with Gasteiger partial charge in [-0.1, -0.05) is 0 Å². The summed E-state index contributed by atoms with van der Waals surface area (Å²) >= 11 is 0. The molecule has 9 heteroatoms. The Morgan fingerprint density at radius 3 is 2.88 bits per heavy atom. The predicted molar refractivity (Wildman–Crippen MR) is 56.9 cm³/mol. The summed E-state index contributed by atoms with van der Waals surface area (Å²) < 4.78 is 31.5. The molecule has 0 bridgehead atoms. The zero-order valence-corrected chi connectivity index (χ0v) is 9.98. The molecule has 0 amide bonds. The van der Waals surface area contributed by atoms with Gasteiger partial charge in [0.1, 0.15) is 6.61 Å². The highest BCUT2D eigenvalue weighted by atomic mass is 32.2. The van der Waals surface area contributed by atoms with Crippen LogP contribution in [0.1, 0.15) is 0 Å². The third kappa shape index (κ3) is 4.13. The Balaban J connectivity index is 2.41. The van der Waals surface area contributed by atoms with E-state index in [4.69, 9.17) is 5.11 Å². The quantitative estimate of drug-likeness (QED) is 0.598. The predicted octanol–water partition coefficient (Wildman–Crippen LogP) is -1.20. The first-order chi connectivity index (χ1) is 7.93. The Morgan fingerprint density at radius 1 is 1.65 bits per heavy atom. The first-order valence-electron chi connectivity index (χ1n) is 4.70. The zero-order valence-electron chi connectivity index (χ0n) is 9.16. The molecule has 2 N–H and O–H groups in total. The molecule has 1 rings (SSSR count). The van der Waals surface area contributed by atoms with E-state index >= 15 is 0 Å². The second-order valence-corrected chi connectivity index (χ2v) is 4.85. The van der Waals surface area contributed by atoms with Crippen LogP contribution in [-0.4, -0.2) is 49.0 Å². The van der Waals surface area contributed by atoms with E-state index in [0.717, 1.165) is 0 Å². The Morgan fingerprint density at radius 2 is 2.35 bits per heavy atom. The standard InChI is InChI=1S/C8H13N3O5S/c1-11-7(2-3-9-11)17(14,15)10-4-5-16-6-8(12)13/h2-3,10H,4-6H2,1H3,(H,12,13). The molecule has 0 aromatic carbocycles. The van der Waals surface area contributed by atoms with Crippen LogP contribution in [0.15, 0.2) is 17.3 Å². The molecule has 0 radical (unpaired) electrons. The highest BCUT2D eigenvalue weighted by Gasteiger charge is 2.16. The number of ether oxygens (including phenoxy) is 1. The van der Waals surface area contributed by atoms with E-state index in [1.165, 1.54) is 24.0 Å². The second-order valence-electron chi connectivity index (χ2n) is 3.14. The molecule has 0 aliphatic heterocycles. The van der Waals surface area contributed by atoms with Gasteiger partial charge in [0.2, 0.25) is 0 Å². The largest absolute Gasteiger partial charge is 0.480 e. The lowest BCUT2D eigenvalue weighted by molar-refractivity contribution is -0.142. The maximum atomic E-state index is 11.7. The molecule has 0 aliphatic carbocycles. The van der Waals surface area contributed by atoms with Crippen LogP contribution in [0.3, 0.4) is 0 Å². The Labute approximate surface area is 98.2 Å². The number of carboxylic acids is 1. The fourth-order valence-electron chi connectivity index (χ4n) is 1.11. The number of aryl methyl sites for hydroxylation is 1. The van der Waals surface area contributed by atoms with Crippen LogP contribution in [0.25, 0.3) is 0 Å². The summed E-state index contributed by atoms with van der Waals surface area (Å²) in [5.74, 6) is -1.10. The summed E-state index contributed by atoms with van der Waals surface area (Å²) in [6, 6.07) is 1.36. The van der Waals surface area contributed by atoms with Gasteiger partial charge in [0, 0.05) is 13.6 Å². The number of carbonyl (C=O) groups is 1. The smallest absolute Gasteiger partial charge is 0.329 e. The van der Waals surface area contributed by atoms with E-state index in [1.54, 1.807) is 0 Å². The number of aromatic nitrogens is 2. The van der Waals surface area contributed by atoms with E-state index in [0.29, 0.717) is 0 Å². The van der Waals surface area contributed by atoms with Gasteiger partial charge in [-0.2, -0.15) is 5.10 Å². The molecule has 1 aromatic heterocycles. The number of hydrogen-bond acceptors (Lipinski definition) is 5. The summed E-state index contributed by atoms with van der Waals surface area (Å²) in [7, 11) is -2.12. The molecule has 17 heavy (non-hydrogen) atoms. The van der Waals surface area contributed by atoms with Crippen molar-refractivity contribution in [3.05, 3.63) is 12.3 Å². The minimum absolute atomic E-state index is 0.000787. The third-order valence-electron chi connectivity index (χ3n) is 1.82. The first-order valence-corrected chi connectivity index (χ1v) is 6.19. The van der Waals surface area contributed by atoms with E-state index in [1.807, 2.05) is 0 Å². The van der Waals surface area contributed by atoms with Crippen molar-refractivity contribution >= 4 is 16.0 Å². The number of rotatable bonds is 7. The monoisotopic (exact) mass is 263 g/mol. The highest BCUT2D eigenvalue weighted by molar-refractivity contribution is 7.89. The van der Waals surface area contributed by atoms with Gasteiger partial charge >= 0.3 is 5.97 Å². The van der Waals surface area contributed by atoms with Crippen LogP contribution in [0.4, 0.5) is 0 Å². The van der Waals surface area contributed by atoms with Crippen molar-refractivity contribution in [1.29, 1.82) is 0 Å². The second kappa shape index (κ2) is 5.75. The SMILES string of the molecule is Cn1nccc1S(=O)(=O)NCCOCC(=O)O.